The van der Waals surface area contributed by atoms with Crippen LogP contribution in [0.2, 0.25) is 0 Å². The summed E-state index contributed by atoms with van der Waals surface area (Å²) < 4.78 is 42.8. The predicted octanol–water partition coefficient (Wildman–Crippen LogP) is 1.15. The highest BCUT2D eigenvalue weighted by molar-refractivity contribution is 5.75. The fraction of sp³-hybridized carbons (Fsp3) is 0.300. The normalized spacial score (nSPS) is 12.3. The highest BCUT2D eigenvalue weighted by Crippen LogP contribution is 2.15. The third kappa shape index (κ3) is 2.73. The monoisotopic (exact) mass is 233 g/mol. The van der Waals surface area contributed by atoms with Crippen LogP contribution in [0.3, 0.4) is 0 Å². The lowest BCUT2D eigenvalue weighted by molar-refractivity contribution is -0.142. The van der Waals surface area contributed by atoms with Gasteiger partial charge in [0.25, 0.3) is 0 Å². The molecule has 0 saturated heterocycles. The molecule has 1 aromatic carbocycles. The molecule has 3 nitrogen and oxygen atoms in total. The molecule has 1 rings (SSSR count). The molecule has 6 heteroatoms. The van der Waals surface area contributed by atoms with E-state index >= 15 is 0 Å². The quantitative estimate of drug-likeness (QED) is 0.629. The number of methoxy groups -OCH3 is 1. The molecule has 0 heterocycles. The molecule has 0 amide bonds. The zero-order chi connectivity index (χ0) is 12.3. The van der Waals surface area contributed by atoms with Crippen molar-refractivity contribution in [3.8, 4) is 0 Å². The molecule has 0 aliphatic rings. The minimum absolute atomic E-state index is 0.170. The van der Waals surface area contributed by atoms with Gasteiger partial charge in [0.2, 0.25) is 0 Å². The van der Waals surface area contributed by atoms with Crippen molar-refractivity contribution in [2.45, 2.75) is 12.5 Å². The van der Waals surface area contributed by atoms with Crippen LogP contribution in [0.25, 0.3) is 0 Å². The van der Waals surface area contributed by atoms with E-state index in [1.165, 1.54) is 0 Å². The van der Waals surface area contributed by atoms with Crippen molar-refractivity contribution in [1.82, 2.24) is 0 Å². The van der Waals surface area contributed by atoms with Crippen LogP contribution in [0, 0.1) is 17.5 Å². The molecule has 0 bridgehead atoms. The molecule has 0 aliphatic heterocycles. The second kappa shape index (κ2) is 4.98. The molecule has 0 saturated carbocycles. The van der Waals surface area contributed by atoms with Crippen LogP contribution in [0.5, 0.6) is 0 Å². The molecule has 0 radical (unpaired) electrons. The molecule has 88 valence electrons. The molecule has 0 fully saturated rings. The number of ether oxygens (including phenoxy) is 1. The second-order valence-electron chi connectivity index (χ2n) is 3.19. The molecular formula is C10H10F3NO2. The molecule has 0 aliphatic carbocycles. The molecular weight excluding hydrogens is 223 g/mol. The molecule has 0 spiro atoms. The summed E-state index contributed by atoms with van der Waals surface area (Å²) >= 11 is 0. The number of hydrogen-bond donors (Lipinski definition) is 1. The minimum atomic E-state index is -1.28. The lowest BCUT2D eigenvalue weighted by Crippen LogP contribution is -2.34. The Morgan fingerprint density at radius 1 is 1.31 bits per heavy atom. The number of rotatable bonds is 3. The number of halogens is 3. The van der Waals surface area contributed by atoms with Crippen LogP contribution in [0.15, 0.2) is 12.1 Å². The maximum Gasteiger partial charge on any atom is 0.322 e. The van der Waals surface area contributed by atoms with Crippen LogP contribution in [-0.2, 0) is 16.0 Å². The Labute approximate surface area is 90.0 Å². The van der Waals surface area contributed by atoms with E-state index in [0.29, 0.717) is 12.1 Å². The lowest BCUT2D eigenvalue weighted by atomic mass is 10.1. The number of nitrogens with two attached hydrogens (primary N) is 1. The van der Waals surface area contributed by atoms with E-state index in [4.69, 9.17) is 5.73 Å². The van der Waals surface area contributed by atoms with Gasteiger partial charge in [-0.05, 0) is 11.6 Å². The Morgan fingerprint density at radius 3 is 2.44 bits per heavy atom. The van der Waals surface area contributed by atoms with Crippen molar-refractivity contribution >= 4 is 5.97 Å². The highest BCUT2D eigenvalue weighted by atomic mass is 19.2. The summed E-state index contributed by atoms with van der Waals surface area (Å²) in [5.41, 5.74) is 5.19. The fourth-order valence-corrected chi connectivity index (χ4v) is 1.19. The van der Waals surface area contributed by atoms with E-state index < -0.39 is 29.5 Å². The van der Waals surface area contributed by atoms with Gasteiger partial charge in [-0.3, -0.25) is 4.79 Å². The molecule has 16 heavy (non-hydrogen) atoms. The maximum absolute atomic E-state index is 13.1. The first-order valence-electron chi connectivity index (χ1n) is 4.42. The number of benzene rings is 1. The van der Waals surface area contributed by atoms with Crippen molar-refractivity contribution in [3.05, 3.63) is 35.1 Å². The van der Waals surface area contributed by atoms with Crippen molar-refractivity contribution in [3.63, 3.8) is 0 Å². The van der Waals surface area contributed by atoms with E-state index in [1.54, 1.807) is 0 Å². The van der Waals surface area contributed by atoms with E-state index in [2.05, 4.69) is 4.74 Å². The Balaban J connectivity index is 2.89. The average Bonchev–Trinajstić information content (AvgIpc) is 2.24. The molecule has 1 atom stereocenters. The fourth-order valence-electron chi connectivity index (χ4n) is 1.19. The topological polar surface area (TPSA) is 52.3 Å². The number of carbonyl (C=O) groups excluding carboxylic acids is 1. The van der Waals surface area contributed by atoms with Gasteiger partial charge in [-0.2, -0.15) is 0 Å². The first-order chi connectivity index (χ1) is 7.45. The van der Waals surface area contributed by atoms with Gasteiger partial charge < -0.3 is 10.5 Å². The highest BCUT2D eigenvalue weighted by Gasteiger charge is 2.18. The first-order valence-corrected chi connectivity index (χ1v) is 4.42. The van der Waals surface area contributed by atoms with E-state index in [1.807, 2.05) is 0 Å². The zero-order valence-corrected chi connectivity index (χ0v) is 8.47. The van der Waals surface area contributed by atoms with E-state index in [-0.39, 0.29) is 12.0 Å². The van der Waals surface area contributed by atoms with Crippen LogP contribution >= 0.6 is 0 Å². The number of hydrogen-bond acceptors (Lipinski definition) is 3. The summed E-state index contributed by atoms with van der Waals surface area (Å²) in [5.74, 6) is -4.16. The number of esters is 1. The van der Waals surface area contributed by atoms with Gasteiger partial charge in [-0.25, -0.2) is 13.2 Å². The number of carbonyl (C=O) groups is 1. The Hall–Kier alpha value is -1.56. The maximum atomic E-state index is 13.1. The van der Waals surface area contributed by atoms with E-state index in [9.17, 15) is 18.0 Å². The van der Waals surface area contributed by atoms with Crippen LogP contribution < -0.4 is 5.73 Å². The summed E-state index contributed by atoms with van der Waals surface area (Å²) in [5, 5.41) is 0. The zero-order valence-electron chi connectivity index (χ0n) is 8.47. The standard InChI is InChI=1S/C10H10F3NO2/c1-16-10(15)9(14)3-5-2-7(12)8(13)4-6(5)11/h2,4,9H,3,14H2,1H3/t9-/m0/s1. The second-order valence-corrected chi connectivity index (χ2v) is 3.19. The largest absolute Gasteiger partial charge is 0.468 e. The SMILES string of the molecule is COC(=O)[C@@H](N)Cc1cc(F)c(F)cc1F. The van der Waals surface area contributed by atoms with Crippen molar-refractivity contribution in [2.24, 2.45) is 5.73 Å². The van der Waals surface area contributed by atoms with Crippen molar-refractivity contribution < 1.29 is 22.7 Å². The van der Waals surface area contributed by atoms with Gasteiger partial charge in [0.1, 0.15) is 11.9 Å². The van der Waals surface area contributed by atoms with Gasteiger partial charge in [-0.1, -0.05) is 0 Å². The van der Waals surface area contributed by atoms with Gasteiger partial charge in [-0.15, -0.1) is 0 Å². The van der Waals surface area contributed by atoms with Crippen molar-refractivity contribution in [2.75, 3.05) is 7.11 Å². The Bertz CT molecular complexity index is 409. The van der Waals surface area contributed by atoms with Gasteiger partial charge in [0.05, 0.1) is 7.11 Å². The minimum Gasteiger partial charge on any atom is -0.468 e. The third-order valence-corrected chi connectivity index (χ3v) is 2.03. The van der Waals surface area contributed by atoms with Gasteiger partial charge in [0, 0.05) is 12.5 Å². The van der Waals surface area contributed by atoms with Crippen LogP contribution in [0.4, 0.5) is 13.2 Å². The van der Waals surface area contributed by atoms with Crippen molar-refractivity contribution in [1.29, 1.82) is 0 Å². The van der Waals surface area contributed by atoms with E-state index in [0.717, 1.165) is 7.11 Å². The van der Waals surface area contributed by atoms with Crippen LogP contribution in [-0.4, -0.2) is 19.1 Å². The third-order valence-electron chi connectivity index (χ3n) is 2.03. The lowest BCUT2D eigenvalue weighted by Gasteiger charge is -2.10. The summed E-state index contributed by atoms with van der Waals surface area (Å²) in [6, 6.07) is -0.0216. The first kappa shape index (κ1) is 12.5. The Morgan fingerprint density at radius 2 is 1.88 bits per heavy atom. The molecule has 0 aromatic heterocycles. The summed E-state index contributed by atoms with van der Waals surface area (Å²) in [4.78, 5) is 10.9. The smallest absolute Gasteiger partial charge is 0.322 e. The molecule has 0 unspecified atom stereocenters. The summed E-state index contributed by atoms with van der Waals surface area (Å²) in [7, 11) is 1.13. The molecule has 2 N–H and O–H groups in total. The average molecular weight is 233 g/mol. The van der Waals surface area contributed by atoms with Crippen LogP contribution in [0.1, 0.15) is 5.56 Å². The summed E-state index contributed by atoms with van der Waals surface area (Å²) in [6.45, 7) is 0. The van der Waals surface area contributed by atoms with Gasteiger partial charge >= 0.3 is 5.97 Å². The molecule has 1 aromatic rings. The predicted molar refractivity (Wildman–Crippen MR) is 50.0 cm³/mol. The van der Waals surface area contributed by atoms with Gasteiger partial charge in [0.15, 0.2) is 11.6 Å². The Kier molecular flexibility index (Phi) is 3.89. The summed E-state index contributed by atoms with van der Waals surface area (Å²) in [6.07, 6.45) is -0.254.